The summed E-state index contributed by atoms with van der Waals surface area (Å²) >= 11 is 7.19. The first-order chi connectivity index (χ1) is 5.83. The Bertz CT molecular complexity index is 258. The van der Waals surface area contributed by atoms with Gasteiger partial charge in [0.25, 0.3) is 0 Å². The highest BCUT2D eigenvalue weighted by molar-refractivity contribution is 8.16. The molecule has 0 saturated heterocycles. The minimum Gasteiger partial charge on any atom is -0.263 e. The van der Waals surface area contributed by atoms with Crippen molar-refractivity contribution in [1.29, 1.82) is 0 Å². The fraction of sp³-hybridized carbons (Fsp3) is 0.222. The van der Waals surface area contributed by atoms with Crippen LogP contribution in [0.1, 0.15) is 5.56 Å². The lowest BCUT2D eigenvalue weighted by atomic mass is 10.2. The van der Waals surface area contributed by atoms with E-state index in [0.717, 1.165) is 0 Å². The molecule has 0 bridgehead atoms. The monoisotopic (exact) mass is 199 g/mol. The molecule has 0 saturated carbocycles. The van der Waals surface area contributed by atoms with E-state index in [1.165, 1.54) is 17.3 Å². The summed E-state index contributed by atoms with van der Waals surface area (Å²) < 4.78 is 0.610. The Morgan fingerprint density at radius 1 is 1.42 bits per heavy atom. The van der Waals surface area contributed by atoms with Gasteiger partial charge in [0.1, 0.15) is 0 Å². The average molecular weight is 200 g/mol. The highest BCUT2D eigenvalue weighted by atomic mass is 35.5. The maximum Gasteiger partial charge on any atom is 0.158 e. The fourth-order valence-corrected chi connectivity index (χ4v) is 1.05. The third-order valence-corrected chi connectivity index (χ3v) is 2.45. The van der Waals surface area contributed by atoms with Gasteiger partial charge in [-0.3, -0.25) is 4.99 Å². The van der Waals surface area contributed by atoms with Crippen LogP contribution < -0.4 is 0 Å². The maximum absolute atomic E-state index is 5.73. The number of rotatable bonds is 2. The van der Waals surface area contributed by atoms with Crippen LogP contribution in [0, 0.1) is 0 Å². The first-order valence-corrected chi connectivity index (χ1v) is 5.21. The Morgan fingerprint density at radius 2 is 2.08 bits per heavy atom. The van der Waals surface area contributed by atoms with Crippen LogP contribution in [-0.4, -0.2) is 10.8 Å². The van der Waals surface area contributed by atoms with E-state index < -0.39 is 0 Å². The second-order valence-electron chi connectivity index (χ2n) is 2.26. The maximum atomic E-state index is 5.73. The Morgan fingerprint density at radius 3 is 2.67 bits per heavy atom. The third-order valence-electron chi connectivity index (χ3n) is 1.40. The van der Waals surface area contributed by atoms with Crippen molar-refractivity contribution in [2.45, 2.75) is 6.54 Å². The van der Waals surface area contributed by atoms with E-state index in [1.807, 2.05) is 36.6 Å². The van der Waals surface area contributed by atoms with Crippen LogP contribution in [0.2, 0.25) is 0 Å². The van der Waals surface area contributed by atoms with Gasteiger partial charge in [0.2, 0.25) is 0 Å². The summed E-state index contributed by atoms with van der Waals surface area (Å²) in [4.78, 5) is 4.16. The van der Waals surface area contributed by atoms with E-state index in [9.17, 15) is 0 Å². The molecule has 0 N–H and O–H groups in total. The standard InChI is InChI=1S/C9H10ClNS/c1-12-9(10)11-7-8-5-3-2-4-6-8/h2-6H,7H2,1H3. The lowest BCUT2D eigenvalue weighted by Crippen LogP contribution is -1.83. The lowest BCUT2D eigenvalue weighted by Gasteiger charge is -1.95. The van der Waals surface area contributed by atoms with E-state index in [2.05, 4.69) is 4.99 Å². The zero-order valence-electron chi connectivity index (χ0n) is 6.83. The van der Waals surface area contributed by atoms with Gasteiger partial charge in [0.15, 0.2) is 4.50 Å². The molecule has 0 aliphatic carbocycles. The molecule has 0 fully saturated rings. The molecule has 0 aromatic heterocycles. The number of hydrogen-bond acceptors (Lipinski definition) is 2. The topological polar surface area (TPSA) is 12.4 Å². The van der Waals surface area contributed by atoms with Gasteiger partial charge >= 0.3 is 0 Å². The molecular weight excluding hydrogens is 190 g/mol. The first kappa shape index (κ1) is 9.62. The molecule has 0 amide bonds. The zero-order valence-corrected chi connectivity index (χ0v) is 8.40. The molecule has 0 unspecified atom stereocenters. The number of thioether (sulfide) groups is 1. The molecule has 3 heteroatoms. The largest absolute Gasteiger partial charge is 0.263 e. The van der Waals surface area contributed by atoms with Gasteiger partial charge in [0.05, 0.1) is 6.54 Å². The van der Waals surface area contributed by atoms with Crippen molar-refractivity contribution < 1.29 is 0 Å². The normalized spacial score (nSPS) is 11.7. The zero-order chi connectivity index (χ0) is 8.81. The Kier molecular flexibility index (Phi) is 4.19. The van der Waals surface area contributed by atoms with Gasteiger partial charge in [0, 0.05) is 0 Å². The van der Waals surface area contributed by atoms with Crippen molar-refractivity contribution in [2.75, 3.05) is 6.26 Å². The van der Waals surface area contributed by atoms with Gasteiger partial charge < -0.3 is 0 Å². The van der Waals surface area contributed by atoms with Crippen molar-refractivity contribution in [2.24, 2.45) is 4.99 Å². The van der Waals surface area contributed by atoms with Crippen molar-refractivity contribution in [1.82, 2.24) is 0 Å². The van der Waals surface area contributed by atoms with E-state index in [1.54, 1.807) is 0 Å². The molecule has 0 aliphatic heterocycles. The minimum atomic E-state index is 0.610. The van der Waals surface area contributed by atoms with Crippen molar-refractivity contribution in [3.8, 4) is 0 Å². The van der Waals surface area contributed by atoms with Gasteiger partial charge in [-0.1, -0.05) is 53.7 Å². The van der Waals surface area contributed by atoms with Gasteiger partial charge in [-0.25, -0.2) is 0 Å². The molecule has 12 heavy (non-hydrogen) atoms. The second-order valence-corrected chi connectivity index (χ2v) is 3.64. The molecule has 1 aromatic carbocycles. The average Bonchev–Trinajstić information content (AvgIpc) is 2.16. The van der Waals surface area contributed by atoms with Crippen LogP contribution in [0.25, 0.3) is 0 Å². The second kappa shape index (κ2) is 5.22. The lowest BCUT2D eigenvalue weighted by molar-refractivity contribution is 1.08. The number of nitrogens with zero attached hydrogens (tertiary/aromatic N) is 1. The van der Waals surface area contributed by atoms with E-state index in [0.29, 0.717) is 11.0 Å². The van der Waals surface area contributed by atoms with Crippen LogP contribution >= 0.6 is 23.4 Å². The van der Waals surface area contributed by atoms with Crippen LogP contribution in [0.3, 0.4) is 0 Å². The third kappa shape index (κ3) is 3.28. The molecular formula is C9H10ClNS. The molecule has 64 valence electrons. The first-order valence-electron chi connectivity index (χ1n) is 3.61. The molecule has 0 heterocycles. The van der Waals surface area contributed by atoms with E-state index in [-0.39, 0.29) is 0 Å². The predicted octanol–water partition coefficient (Wildman–Crippen LogP) is 3.14. The summed E-state index contributed by atoms with van der Waals surface area (Å²) in [5.41, 5.74) is 1.18. The van der Waals surface area contributed by atoms with Crippen LogP contribution in [0.15, 0.2) is 35.3 Å². The fourth-order valence-electron chi connectivity index (χ4n) is 0.801. The van der Waals surface area contributed by atoms with Crippen molar-refractivity contribution >= 4 is 27.9 Å². The molecule has 0 aliphatic rings. The summed E-state index contributed by atoms with van der Waals surface area (Å²) in [5.74, 6) is 0. The van der Waals surface area contributed by atoms with Gasteiger partial charge in [-0.05, 0) is 11.8 Å². The van der Waals surface area contributed by atoms with Gasteiger partial charge in [-0.2, -0.15) is 0 Å². The summed E-state index contributed by atoms with van der Waals surface area (Å²) in [5, 5.41) is 0. The highest BCUT2D eigenvalue weighted by Crippen LogP contribution is 2.06. The summed E-state index contributed by atoms with van der Waals surface area (Å²) in [6, 6.07) is 10.1. The minimum absolute atomic E-state index is 0.610. The Hall–Kier alpha value is -0.470. The number of benzene rings is 1. The van der Waals surface area contributed by atoms with Gasteiger partial charge in [-0.15, -0.1) is 0 Å². The van der Waals surface area contributed by atoms with Crippen LogP contribution in [-0.2, 0) is 6.54 Å². The summed E-state index contributed by atoms with van der Waals surface area (Å²) in [7, 11) is 0. The van der Waals surface area contributed by atoms with Crippen molar-refractivity contribution in [3.05, 3.63) is 35.9 Å². The van der Waals surface area contributed by atoms with Crippen LogP contribution in [0.4, 0.5) is 0 Å². The predicted molar refractivity (Wildman–Crippen MR) is 56.9 cm³/mol. The molecule has 0 atom stereocenters. The number of halogens is 1. The molecule has 0 spiro atoms. The highest BCUT2D eigenvalue weighted by Gasteiger charge is 1.90. The Balaban J connectivity index is 2.54. The van der Waals surface area contributed by atoms with Crippen LogP contribution in [0.5, 0.6) is 0 Å². The van der Waals surface area contributed by atoms with Crippen molar-refractivity contribution in [3.63, 3.8) is 0 Å². The Labute approximate surface area is 81.8 Å². The molecule has 1 rings (SSSR count). The molecule has 1 nitrogen and oxygen atoms in total. The summed E-state index contributed by atoms with van der Waals surface area (Å²) in [6.45, 7) is 0.667. The SMILES string of the molecule is CSC(Cl)=NCc1ccccc1. The number of aliphatic imine (C=N–C) groups is 1. The molecule has 1 aromatic rings. The smallest absolute Gasteiger partial charge is 0.158 e. The quantitative estimate of drug-likeness (QED) is 0.527. The number of hydrogen-bond donors (Lipinski definition) is 0. The molecule has 0 radical (unpaired) electrons. The summed E-state index contributed by atoms with van der Waals surface area (Å²) in [6.07, 6.45) is 1.91. The van der Waals surface area contributed by atoms with E-state index >= 15 is 0 Å². The van der Waals surface area contributed by atoms with E-state index in [4.69, 9.17) is 11.6 Å².